The van der Waals surface area contributed by atoms with E-state index in [4.69, 9.17) is 4.74 Å². The van der Waals surface area contributed by atoms with E-state index in [1.165, 1.54) is 38.6 Å². The van der Waals surface area contributed by atoms with Crippen molar-refractivity contribution in [1.82, 2.24) is 5.32 Å². The van der Waals surface area contributed by atoms with E-state index in [1.807, 2.05) is 0 Å². The summed E-state index contributed by atoms with van der Waals surface area (Å²) in [4.78, 5) is 0. The van der Waals surface area contributed by atoms with Gasteiger partial charge in [-0.25, -0.2) is 0 Å². The molecule has 0 aliphatic heterocycles. The molecule has 84 valence electrons. The van der Waals surface area contributed by atoms with Crippen molar-refractivity contribution in [2.45, 2.75) is 51.5 Å². The van der Waals surface area contributed by atoms with Crippen molar-refractivity contribution in [2.75, 3.05) is 20.3 Å². The summed E-state index contributed by atoms with van der Waals surface area (Å²) in [6, 6.07) is 0.608. The van der Waals surface area contributed by atoms with Crippen LogP contribution in [-0.2, 0) is 4.74 Å². The molecule has 0 spiro atoms. The fourth-order valence-corrected chi connectivity index (χ4v) is 2.23. The van der Waals surface area contributed by atoms with Gasteiger partial charge < -0.3 is 10.1 Å². The van der Waals surface area contributed by atoms with E-state index in [0.29, 0.717) is 6.04 Å². The zero-order valence-electron chi connectivity index (χ0n) is 9.72. The molecule has 1 aliphatic rings. The van der Waals surface area contributed by atoms with Crippen LogP contribution in [0.5, 0.6) is 0 Å². The molecule has 1 atom stereocenters. The van der Waals surface area contributed by atoms with Gasteiger partial charge in [0.05, 0.1) is 0 Å². The molecule has 0 aromatic rings. The number of hydrogen-bond acceptors (Lipinski definition) is 2. The first-order chi connectivity index (χ1) is 6.83. The molecule has 14 heavy (non-hydrogen) atoms. The standard InChI is InChI=1S/C12H25NO/c1-11(8-10-14-2)13-9-7-12-5-3-4-6-12/h11-13H,3-10H2,1-2H3. The Morgan fingerprint density at radius 3 is 2.71 bits per heavy atom. The molecular formula is C12H25NO. The lowest BCUT2D eigenvalue weighted by Crippen LogP contribution is -2.29. The molecule has 0 aromatic carbocycles. The van der Waals surface area contributed by atoms with Gasteiger partial charge in [-0.05, 0) is 32.2 Å². The van der Waals surface area contributed by atoms with Crippen LogP contribution in [0.2, 0.25) is 0 Å². The highest BCUT2D eigenvalue weighted by atomic mass is 16.5. The summed E-state index contributed by atoms with van der Waals surface area (Å²) in [6.45, 7) is 4.31. The van der Waals surface area contributed by atoms with Gasteiger partial charge in [0.15, 0.2) is 0 Å². The minimum atomic E-state index is 0.608. The van der Waals surface area contributed by atoms with E-state index >= 15 is 0 Å². The SMILES string of the molecule is COCCC(C)NCCC1CCCC1. The molecule has 0 saturated heterocycles. The predicted octanol–water partition coefficient (Wildman–Crippen LogP) is 2.58. The Hall–Kier alpha value is -0.0800. The molecule has 2 nitrogen and oxygen atoms in total. The molecule has 0 aromatic heterocycles. The van der Waals surface area contributed by atoms with Crippen LogP contribution in [0.1, 0.15) is 45.4 Å². The summed E-state index contributed by atoms with van der Waals surface area (Å²) < 4.78 is 5.05. The zero-order chi connectivity index (χ0) is 10.2. The predicted molar refractivity (Wildman–Crippen MR) is 60.5 cm³/mol. The Labute approximate surface area is 88.4 Å². The molecule has 0 bridgehead atoms. The van der Waals surface area contributed by atoms with E-state index in [2.05, 4.69) is 12.2 Å². The molecule has 2 heteroatoms. The summed E-state index contributed by atoms with van der Waals surface area (Å²) in [5.41, 5.74) is 0. The van der Waals surface area contributed by atoms with Crippen LogP contribution in [0.25, 0.3) is 0 Å². The highest BCUT2D eigenvalue weighted by Gasteiger charge is 2.14. The number of ether oxygens (including phenoxy) is 1. The van der Waals surface area contributed by atoms with Crippen molar-refractivity contribution >= 4 is 0 Å². The highest BCUT2D eigenvalue weighted by molar-refractivity contribution is 4.69. The smallest absolute Gasteiger partial charge is 0.0476 e. The molecule has 1 unspecified atom stereocenters. The van der Waals surface area contributed by atoms with Crippen molar-refractivity contribution in [3.63, 3.8) is 0 Å². The third kappa shape index (κ3) is 4.97. The first-order valence-electron chi connectivity index (χ1n) is 6.05. The fourth-order valence-electron chi connectivity index (χ4n) is 2.23. The van der Waals surface area contributed by atoms with Gasteiger partial charge in [-0.3, -0.25) is 0 Å². The van der Waals surface area contributed by atoms with Crippen molar-refractivity contribution in [2.24, 2.45) is 5.92 Å². The third-order valence-electron chi connectivity index (χ3n) is 3.28. The maximum atomic E-state index is 5.05. The number of rotatable bonds is 7. The summed E-state index contributed by atoms with van der Waals surface area (Å²) in [5.74, 6) is 1.01. The van der Waals surface area contributed by atoms with Crippen molar-refractivity contribution in [3.8, 4) is 0 Å². The molecule has 1 saturated carbocycles. The monoisotopic (exact) mass is 199 g/mol. The number of methoxy groups -OCH3 is 1. The van der Waals surface area contributed by atoms with Crippen LogP contribution < -0.4 is 5.32 Å². The first-order valence-corrected chi connectivity index (χ1v) is 6.05. The van der Waals surface area contributed by atoms with Gasteiger partial charge in [-0.15, -0.1) is 0 Å². The Bertz CT molecular complexity index is 132. The quantitative estimate of drug-likeness (QED) is 0.680. The van der Waals surface area contributed by atoms with Crippen molar-refractivity contribution < 1.29 is 4.74 Å². The molecule has 1 N–H and O–H groups in total. The van der Waals surface area contributed by atoms with Crippen LogP contribution in [0, 0.1) is 5.92 Å². The summed E-state index contributed by atoms with van der Waals surface area (Å²) in [6.07, 6.45) is 8.36. The lowest BCUT2D eigenvalue weighted by molar-refractivity contribution is 0.184. The van der Waals surface area contributed by atoms with Crippen LogP contribution in [-0.4, -0.2) is 26.3 Å². The van der Waals surface area contributed by atoms with Gasteiger partial charge in [0.25, 0.3) is 0 Å². The molecule has 0 amide bonds. The van der Waals surface area contributed by atoms with Crippen LogP contribution in [0.4, 0.5) is 0 Å². The van der Waals surface area contributed by atoms with Crippen molar-refractivity contribution in [1.29, 1.82) is 0 Å². The van der Waals surface area contributed by atoms with E-state index in [9.17, 15) is 0 Å². The number of hydrogen-bond donors (Lipinski definition) is 1. The summed E-state index contributed by atoms with van der Waals surface area (Å²) >= 11 is 0. The van der Waals surface area contributed by atoms with Gasteiger partial charge in [0.2, 0.25) is 0 Å². The average molecular weight is 199 g/mol. The maximum Gasteiger partial charge on any atom is 0.0476 e. The topological polar surface area (TPSA) is 21.3 Å². The molecule has 0 radical (unpaired) electrons. The second-order valence-electron chi connectivity index (χ2n) is 4.58. The lowest BCUT2D eigenvalue weighted by atomic mass is 10.0. The van der Waals surface area contributed by atoms with Gasteiger partial charge in [-0.2, -0.15) is 0 Å². The molecular weight excluding hydrogens is 174 g/mol. The Morgan fingerprint density at radius 1 is 1.36 bits per heavy atom. The van der Waals surface area contributed by atoms with Crippen LogP contribution in [0.15, 0.2) is 0 Å². The highest BCUT2D eigenvalue weighted by Crippen LogP contribution is 2.26. The largest absolute Gasteiger partial charge is 0.385 e. The van der Waals surface area contributed by atoms with Gasteiger partial charge in [0.1, 0.15) is 0 Å². The van der Waals surface area contributed by atoms with E-state index < -0.39 is 0 Å². The molecule has 1 aliphatic carbocycles. The third-order valence-corrected chi connectivity index (χ3v) is 3.28. The Morgan fingerprint density at radius 2 is 2.07 bits per heavy atom. The van der Waals surface area contributed by atoms with Gasteiger partial charge in [-0.1, -0.05) is 25.7 Å². The normalized spacial score (nSPS) is 20.1. The second-order valence-corrected chi connectivity index (χ2v) is 4.58. The van der Waals surface area contributed by atoms with E-state index in [1.54, 1.807) is 7.11 Å². The summed E-state index contributed by atoms with van der Waals surface area (Å²) in [7, 11) is 1.77. The Balaban J connectivity index is 1.91. The van der Waals surface area contributed by atoms with Crippen molar-refractivity contribution in [3.05, 3.63) is 0 Å². The first kappa shape index (κ1) is 12.0. The fraction of sp³-hybridized carbons (Fsp3) is 1.00. The zero-order valence-corrected chi connectivity index (χ0v) is 9.72. The van der Waals surface area contributed by atoms with Crippen LogP contribution >= 0.6 is 0 Å². The van der Waals surface area contributed by atoms with E-state index in [0.717, 1.165) is 18.9 Å². The minimum Gasteiger partial charge on any atom is -0.385 e. The molecule has 1 fully saturated rings. The van der Waals surface area contributed by atoms with Gasteiger partial charge in [0, 0.05) is 19.8 Å². The van der Waals surface area contributed by atoms with Gasteiger partial charge >= 0.3 is 0 Å². The lowest BCUT2D eigenvalue weighted by Gasteiger charge is -2.15. The van der Waals surface area contributed by atoms with Crippen LogP contribution in [0.3, 0.4) is 0 Å². The average Bonchev–Trinajstić information content (AvgIpc) is 2.67. The van der Waals surface area contributed by atoms with E-state index in [-0.39, 0.29) is 0 Å². The maximum absolute atomic E-state index is 5.05. The second kappa shape index (κ2) is 7.24. The molecule has 1 rings (SSSR count). The minimum absolute atomic E-state index is 0.608. The summed E-state index contributed by atoms with van der Waals surface area (Å²) in [5, 5.41) is 3.56. The number of nitrogens with one attached hydrogen (secondary N) is 1. The molecule has 0 heterocycles. The Kier molecular flexibility index (Phi) is 6.20.